The van der Waals surface area contributed by atoms with Crippen LogP contribution in [0, 0.1) is 0 Å². The van der Waals surface area contributed by atoms with Crippen molar-refractivity contribution in [2.45, 2.75) is 24.8 Å². The first kappa shape index (κ1) is 16.2. The molecule has 2 aliphatic rings. The molecule has 0 unspecified atom stereocenters. The smallest absolute Gasteiger partial charge is 0.258 e. The summed E-state index contributed by atoms with van der Waals surface area (Å²) in [6, 6.07) is 14.1. The highest BCUT2D eigenvalue weighted by Gasteiger charge is 2.40. The predicted octanol–water partition coefficient (Wildman–Crippen LogP) is 3.32. The summed E-state index contributed by atoms with van der Waals surface area (Å²) in [5, 5.41) is 0. The highest BCUT2D eigenvalue weighted by atomic mass is 16.5. The summed E-state index contributed by atoms with van der Waals surface area (Å²) in [7, 11) is 6.00. The van der Waals surface area contributed by atoms with Crippen LogP contribution in [0.4, 0.5) is 5.69 Å². The van der Waals surface area contributed by atoms with E-state index in [4.69, 9.17) is 4.74 Å². The third kappa shape index (κ3) is 2.61. The molecule has 0 radical (unpaired) electrons. The van der Waals surface area contributed by atoms with Crippen LogP contribution >= 0.6 is 0 Å². The van der Waals surface area contributed by atoms with Gasteiger partial charge in [-0.25, -0.2) is 0 Å². The lowest BCUT2D eigenvalue weighted by Crippen LogP contribution is -2.36. The van der Waals surface area contributed by atoms with Crippen LogP contribution in [0.3, 0.4) is 0 Å². The summed E-state index contributed by atoms with van der Waals surface area (Å²) >= 11 is 0. The Hall–Kier alpha value is -2.33. The number of benzene rings is 2. The molecule has 2 aromatic carbocycles. The standard InChI is InChI=1S/C21H24N2O2/c1-22(2)16-11-15-13-23(21(24)14-7-5-4-6-8-14)18-9-10-19(25-3)17(12-16)20(15)18/h4-10,15-16H,11-13H2,1-3H3/t15-,16-/m0/s1. The van der Waals surface area contributed by atoms with Crippen LogP contribution in [0.25, 0.3) is 0 Å². The Bertz CT molecular complexity index is 801. The minimum atomic E-state index is 0.0868. The number of anilines is 1. The maximum Gasteiger partial charge on any atom is 0.258 e. The van der Waals surface area contributed by atoms with Crippen molar-refractivity contribution < 1.29 is 9.53 Å². The number of methoxy groups -OCH3 is 1. The first-order chi connectivity index (χ1) is 12.1. The Morgan fingerprint density at radius 1 is 1.16 bits per heavy atom. The molecule has 0 saturated heterocycles. The molecule has 1 heterocycles. The number of hydrogen-bond acceptors (Lipinski definition) is 3. The normalized spacial score (nSPS) is 21.4. The number of amides is 1. The summed E-state index contributed by atoms with van der Waals surface area (Å²) in [6.07, 6.45) is 2.06. The van der Waals surface area contributed by atoms with Crippen molar-refractivity contribution in [3.8, 4) is 5.75 Å². The molecule has 1 aliphatic heterocycles. The van der Waals surface area contributed by atoms with Crippen molar-refractivity contribution in [1.29, 1.82) is 0 Å². The highest BCUT2D eigenvalue weighted by molar-refractivity contribution is 6.07. The van der Waals surface area contributed by atoms with Gasteiger partial charge in [-0.05, 0) is 56.8 Å². The zero-order valence-corrected chi connectivity index (χ0v) is 15.0. The third-order valence-corrected chi connectivity index (χ3v) is 5.61. The van der Waals surface area contributed by atoms with Gasteiger partial charge in [-0.1, -0.05) is 18.2 Å². The van der Waals surface area contributed by atoms with Crippen molar-refractivity contribution in [1.82, 2.24) is 4.90 Å². The van der Waals surface area contributed by atoms with Crippen LogP contribution < -0.4 is 9.64 Å². The minimum Gasteiger partial charge on any atom is -0.496 e. The average Bonchev–Trinajstić information content (AvgIpc) is 3.02. The van der Waals surface area contributed by atoms with E-state index in [1.807, 2.05) is 41.3 Å². The summed E-state index contributed by atoms with van der Waals surface area (Å²) in [4.78, 5) is 17.3. The third-order valence-electron chi connectivity index (χ3n) is 5.61. The number of rotatable bonds is 3. The second kappa shape index (κ2) is 6.19. The maximum atomic E-state index is 13.1. The van der Waals surface area contributed by atoms with Gasteiger partial charge in [0.2, 0.25) is 0 Å². The first-order valence-electron chi connectivity index (χ1n) is 8.83. The zero-order valence-electron chi connectivity index (χ0n) is 15.0. The molecular formula is C21H24N2O2. The number of carbonyl (C=O) groups is 1. The van der Waals surface area contributed by atoms with Crippen molar-refractivity contribution >= 4 is 11.6 Å². The van der Waals surface area contributed by atoms with E-state index in [-0.39, 0.29) is 5.91 Å². The molecule has 4 nitrogen and oxygen atoms in total. The minimum absolute atomic E-state index is 0.0868. The second-order valence-electron chi connectivity index (χ2n) is 7.22. The van der Waals surface area contributed by atoms with Gasteiger partial charge < -0.3 is 14.5 Å². The summed E-state index contributed by atoms with van der Waals surface area (Å²) in [5.41, 5.74) is 4.40. The number of likely N-dealkylation sites (N-methyl/N-ethyl adjacent to an activating group) is 1. The molecule has 1 amide bonds. The van der Waals surface area contributed by atoms with E-state index in [1.165, 1.54) is 11.1 Å². The largest absolute Gasteiger partial charge is 0.496 e. The fraction of sp³-hybridized carbons (Fsp3) is 0.381. The van der Waals surface area contributed by atoms with Crippen LogP contribution in [0.1, 0.15) is 33.8 Å². The Morgan fingerprint density at radius 3 is 2.60 bits per heavy atom. The molecule has 0 bridgehead atoms. The van der Waals surface area contributed by atoms with Crippen LogP contribution in [0.15, 0.2) is 42.5 Å². The van der Waals surface area contributed by atoms with Gasteiger partial charge in [0.05, 0.1) is 7.11 Å². The average molecular weight is 336 g/mol. The van der Waals surface area contributed by atoms with E-state index in [2.05, 4.69) is 25.1 Å². The van der Waals surface area contributed by atoms with Crippen molar-refractivity contribution in [3.63, 3.8) is 0 Å². The molecular weight excluding hydrogens is 312 g/mol. The molecule has 2 aromatic rings. The molecule has 4 rings (SSSR count). The summed E-state index contributed by atoms with van der Waals surface area (Å²) in [6.45, 7) is 0.758. The molecule has 0 saturated carbocycles. The molecule has 0 N–H and O–H groups in total. The molecule has 2 atom stereocenters. The van der Waals surface area contributed by atoms with Crippen molar-refractivity contribution in [2.75, 3.05) is 32.6 Å². The fourth-order valence-corrected chi connectivity index (χ4v) is 4.30. The summed E-state index contributed by atoms with van der Waals surface area (Å²) in [5.74, 6) is 1.42. The monoisotopic (exact) mass is 336 g/mol. The quantitative estimate of drug-likeness (QED) is 0.862. The van der Waals surface area contributed by atoms with Crippen LogP contribution in [0.5, 0.6) is 5.75 Å². The van der Waals surface area contributed by atoms with Crippen molar-refractivity contribution in [2.24, 2.45) is 0 Å². The van der Waals surface area contributed by atoms with E-state index >= 15 is 0 Å². The Morgan fingerprint density at radius 2 is 1.92 bits per heavy atom. The molecule has 1 aliphatic carbocycles. The first-order valence-corrected chi connectivity index (χ1v) is 8.83. The molecule has 0 spiro atoms. The molecule has 4 heteroatoms. The van der Waals surface area contributed by atoms with Crippen molar-refractivity contribution in [3.05, 3.63) is 59.2 Å². The molecule has 0 fully saturated rings. The number of ether oxygens (including phenoxy) is 1. The lowest BCUT2D eigenvalue weighted by atomic mass is 9.80. The van der Waals surface area contributed by atoms with E-state index in [9.17, 15) is 4.79 Å². The van der Waals surface area contributed by atoms with Gasteiger partial charge in [0, 0.05) is 35.3 Å². The second-order valence-corrected chi connectivity index (χ2v) is 7.22. The fourth-order valence-electron chi connectivity index (χ4n) is 4.30. The van der Waals surface area contributed by atoms with Gasteiger partial charge in [0.25, 0.3) is 5.91 Å². The Balaban J connectivity index is 1.76. The van der Waals surface area contributed by atoms with Crippen LogP contribution in [-0.4, -0.2) is 44.6 Å². The van der Waals surface area contributed by atoms with Gasteiger partial charge in [-0.3, -0.25) is 4.79 Å². The molecule has 0 aromatic heterocycles. The van der Waals surface area contributed by atoms with E-state index in [0.29, 0.717) is 12.0 Å². The SMILES string of the molecule is COc1ccc2c3c1C[C@@H](N(C)C)C[C@H]3CN2C(=O)c1ccccc1. The Kier molecular flexibility index (Phi) is 4.00. The lowest BCUT2D eigenvalue weighted by Gasteiger charge is -2.33. The molecule has 130 valence electrons. The molecule has 25 heavy (non-hydrogen) atoms. The van der Waals surface area contributed by atoms with Gasteiger partial charge in [0.15, 0.2) is 0 Å². The summed E-state index contributed by atoms with van der Waals surface area (Å²) < 4.78 is 5.63. The Labute approximate surface area is 149 Å². The van der Waals surface area contributed by atoms with Gasteiger partial charge in [0.1, 0.15) is 5.75 Å². The number of nitrogens with zero attached hydrogens (tertiary/aromatic N) is 2. The zero-order chi connectivity index (χ0) is 17.6. The van der Waals surface area contributed by atoms with Crippen LogP contribution in [-0.2, 0) is 6.42 Å². The number of hydrogen-bond donors (Lipinski definition) is 0. The maximum absolute atomic E-state index is 13.1. The topological polar surface area (TPSA) is 32.8 Å². The van der Waals surface area contributed by atoms with E-state index in [1.54, 1.807) is 7.11 Å². The van der Waals surface area contributed by atoms with E-state index < -0.39 is 0 Å². The van der Waals surface area contributed by atoms with Gasteiger partial charge >= 0.3 is 0 Å². The highest BCUT2D eigenvalue weighted by Crippen LogP contribution is 2.48. The van der Waals surface area contributed by atoms with E-state index in [0.717, 1.165) is 36.4 Å². The van der Waals surface area contributed by atoms with Gasteiger partial charge in [-0.15, -0.1) is 0 Å². The van der Waals surface area contributed by atoms with Gasteiger partial charge in [-0.2, -0.15) is 0 Å². The predicted molar refractivity (Wildman–Crippen MR) is 99.6 cm³/mol. The lowest BCUT2D eigenvalue weighted by molar-refractivity contribution is 0.0987. The number of carbonyl (C=O) groups excluding carboxylic acids is 1. The van der Waals surface area contributed by atoms with Crippen LogP contribution in [0.2, 0.25) is 0 Å².